The summed E-state index contributed by atoms with van der Waals surface area (Å²) < 4.78 is 19.2. The minimum Gasteiger partial charge on any atom is -0.361 e. The minimum absolute atomic E-state index is 0.262. The van der Waals surface area contributed by atoms with Crippen LogP contribution < -0.4 is 5.32 Å². The average Bonchev–Trinajstić information content (AvgIpc) is 3.05. The minimum atomic E-state index is -0.722. The fourth-order valence-electron chi connectivity index (χ4n) is 3.75. The number of hydrogen-bond acceptors (Lipinski definition) is 4. The van der Waals surface area contributed by atoms with Crippen molar-refractivity contribution < 1.29 is 8.91 Å². The lowest BCUT2D eigenvalue weighted by Crippen LogP contribution is -2.39. The second kappa shape index (κ2) is 7.58. The number of hydrogen-bond donors (Lipinski definition) is 1. The van der Waals surface area contributed by atoms with Gasteiger partial charge < -0.3 is 9.84 Å². The van der Waals surface area contributed by atoms with Gasteiger partial charge in [0, 0.05) is 31.2 Å². The van der Waals surface area contributed by atoms with Gasteiger partial charge >= 0.3 is 0 Å². The number of allylic oxidation sites excluding steroid dienone is 2. The molecular formula is C18H28FN3O. The third-order valence-electron chi connectivity index (χ3n) is 5.21. The molecule has 0 radical (unpaired) electrons. The molecule has 1 saturated heterocycles. The maximum atomic E-state index is 13.9. The molecule has 0 saturated carbocycles. The smallest absolute Gasteiger partial charge is 0.138 e. The molecule has 2 aliphatic rings. The highest BCUT2D eigenvalue weighted by atomic mass is 19.1. The van der Waals surface area contributed by atoms with Crippen molar-refractivity contribution in [2.75, 3.05) is 19.6 Å². The lowest BCUT2D eigenvalue weighted by molar-refractivity contribution is 0.226. The predicted molar refractivity (Wildman–Crippen MR) is 89.0 cm³/mol. The van der Waals surface area contributed by atoms with Gasteiger partial charge in [0.25, 0.3) is 0 Å². The van der Waals surface area contributed by atoms with E-state index < -0.39 is 6.17 Å². The number of nitrogens with zero attached hydrogens (tertiary/aromatic N) is 2. The number of likely N-dealkylation sites (tertiary alicyclic amines) is 1. The highest BCUT2D eigenvalue weighted by Crippen LogP contribution is 2.25. The van der Waals surface area contributed by atoms with Gasteiger partial charge in [0.1, 0.15) is 11.9 Å². The molecule has 3 rings (SSSR count). The van der Waals surface area contributed by atoms with E-state index in [0.717, 1.165) is 42.6 Å². The molecule has 1 aromatic rings. The summed E-state index contributed by atoms with van der Waals surface area (Å²) in [5, 5.41) is 7.58. The Morgan fingerprint density at radius 1 is 1.35 bits per heavy atom. The molecule has 23 heavy (non-hydrogen) atoms. The Morgan fingerprint density at radius 2 is 2.22 bits per heavy atom. The van der Waals surface area contributed by atoms with Gasteiger partial charge in [-0.2, -0.15) is 0 Å². The first kappa shape index (κ1) is 16.7. The van der Waals surface area contributed by atoms with Gasteiger partial charge in [-0.1, -0.05) is 17.3 Å². The van der Waals surface area contributed by atoms with Crippen LogP contribution in [0.5, 0.6) is 0 Å². The second-order valence-corrected chi connectivity index (χ2v) is 7.03. The van der Waals surface area contributed by atoms with Crippen LogP contribution >= 0.6 is 0 Å². The van der Waals surface area contributed by atoms with Crippen LogP contribution in [0, 0.1) is 19.8 Å². The zero-order valence-corrected chi connectivity index (χ0v) is 14.2. The Kier molecular flexibility index (Phi) is 5.49. The lowest BCUT2D eigenvalue weighted by atomic mass is 9.94. The van der Waals surface area contributed by atoms with E-state index in [9.17, 15) is 4.39 Å². The van der Waals surface area contributed by atoms with Crippen LogP contribution in [0.15, 0.2) is 16.7 Å². The van der Waals surface area contributed by atoms with Gasteiger partial charge in [-0.15, -0.1) is 0 Å². The molecule has 4 nitrogen and oxygen atoms in total. The summed E-state index contributed by atoms with van der Waals surface area (Å²) in [7, 11) is 0. The molecule has 1 unspecified atom stereocenters. The van der Waals surface area contributed by atoms with Crippen LogP contribution in [0.3, 0.4) is 0 Å². The summed E-state index contributed by atoms with van der Waals surface area (Å²) in [5.74, 6) is 1.59. The second-order valence-electron chi connectivity index (χ2n) is 7.03. The van der Waals surface area contributed by atoms with Crippen LogP contribution in [0.4, 0.5) is 4.39 Å². The maximum absolute atomic E-state index is 13.9. The van der Waals surface area contributed by atoms with Crippen molar-refractivity contribution >= 4 is 0 Å². The lowest BCUT2D eigenvalue weighted by Gasteiger charge is -2.25. The topological polar surface area (TPSA) is 41.3 Å². The Hall–Kier alpha value is -1.20. The number of alkyl halides is 1. The first-order chi connectivity index (χ1) is 11.1. The third kappa shape index (κ3) is 4.21. The molecule has 1 aliphatic heterocycles. The molecule has 1 fully saturated rings. The standard InChI is InChI=1S/C18H28FN3O/c1-13-18(14(2)23-21-13)12-22-11-16(19)8-17(22)10-20-9-15-6-4-3-5-7-15/h3-4,15-17,20H,5-12H2,1-2H3/t15?,16-,17-/m0/s1. The number of rotatable bonds is 6. The normalized spacial score (nSPS) is 28.6. The van der Waals surface area contributed by atoms with E-state index in [1.165, 1.54) is 19.3 Å². The Bertz CT molecular complexity index is 523. The number of aryl methyl sites for hydroxylation is 2. The van der Waals surface area contributed by atoms with Crippen molar-refractivity contribution in [1.82, 2.24) is 15.4 Å². The zero-order chi connectivity index (χ0) is 16.2. The summed E-state index contributed by atoms with van der Waals surface area (Å²) in [6.45, 7) is 7.05. The van der Waals surface area contributed by atoms with Crippen LogP contribution in [-0.2, 0) is 6.54 Å². The molecule has 1 aliphatic carbocycles. The van der Waals surface area contributed by atoms with Crippen molar-refractivity contribution in [1.29, 1.82) is 0 Å². The molecule has 0 spiro atoms. The van der Waals surface area contributed by atoms with E-state index >= 15 is 0 Å². The number of halogens is 1. The first-order valence-electron chi connectivity index (χ1n) is 8.79. The SMILES string of the molecule is Cc1noc(C)c1CN1C[C@@H](F)C[C@H]1CNCC1CC=CCC1. The van der Waals surface area contributed by atoms with Crippen molar-refractivity contribution in [3.63, 3.8) is 0 Å². The van der Waals surface area contributed by atoms with E-state index in [2.05, 4.69) is 27.5 Å². The molecule has 0 bridgehead atoms. The molecule has 0 aromatic carbocycles. The van der Waals surface area contributed by atoms with Gasteiger partial charge in [0.05, 0.1) is 5.69 Å². The highest BCUT2D eigenvalue weighted by molar-refractivity contribution is 5.21. The van der Waals surface area contributed by atoms with Gasteiger partial charge in [-0.05, 0) is 52.0 Å². The molecule has 2 heterocycles. The fraction of sp³-hybridized carbons (Fsp3) is 0.722. The van der Waals surface area contributed by atoms with Gasteiger partial charge in [-0.25, -0.2) is 4.39 Å². The Balaban J connectivity index is 1.51. The maximum Gasteiger partial charge on any atom is 0.138 e. The largest absolute Gasteiger partial charge is 0.361 e. The Labute approximate surface area is 138 Å². The highest BCUT2D eigenvalue weighted by Gasteiger charge is 2.32. The average molecular weight is 321 g/mol. The molecular weight excluding hydrogens is 293 g/mol. The molecule has 128 valence electrons. The van der Waals surface area contributed by atoms with Crippen molar-refractivity contribution in [3.8, 4) is 0 Å². The fourth-order valence-corrected chi connectivity index (χ4v) is 3.75. The Morgan fingerprint density at radius 3 is 2.91 bits per heavy atom. The van der Waals surface area contributed by atoms with E-state index in [1.54, 1.807) is 0 Å². The summed E-state index contributed by atoms with van der Waals surface area (Å²) in [5.41, 5.74) is 2.03. The van der Waals surface area contributed by atoms with Gasteiger partial charge in [0.2, 0.25) is 0 Å². The number of aromatic nitrogens is 1. The summed E-state index contributed by atoms with van der Waals surface area (Å²) in [4.78, 5) is 2.24. The zero-order valence-electron chi connectivity index (χ0n) is 14.2. The van der Waals surface area contributed by atoms with Crippen LogP contribution in [0.2, 0.25) is 0 Å². The van der Waals surface area contributed by atoms with Crippen LogP contribution in [0.25, 0.3) is 0 Å². The summed E-state index contributed by atoms with van der Waals surface area (Å²) in [6, 6.07) is 0.262. The van der Waals surface area contributed by atoms with E-state index in [4.69, 9.17) is 4.52 Å². The molecule has 5 heteroatoms. The summed E-state index contributed by atoms with van der Waals surface area (Å²) >= 11 is 0. The first-order valence-corrected chi connectivity index (χ1v) is 8.79. The van der Waals surface area contributed by atoms with Gasteiger partial charge in [0.15, 0.2) is 0 Å². The summed E-state index contributed by atoms with van der Waals surface area (Å²) in [6.07, 6.45) is 8.09. The van der Waals surface area contributed by atoms with Gasteiger partial charge in [-0.3, -0.25) is 4.90 Å². The van der Waals surface area contributed by atoms with Crippen LogP contribution in [0.1, 0.15) is 42.7 Å². The number of nitrogens with one attached hydrogen (secondary N) is 1. The van der Waals surface area contributed by atoms with Crippen LogP contribution in [-0.4, -0.2) is 41.9 Å². The van der Waals surface area contributed by atoms with Crippen molar-refractivity contribution in [2.24, 2.45) is 5.92 Å². The van der Waals surface area contributed by atoms with E-state index in [-0.39, 0.29) is 6.04 Å². The van der Waals surface area contributed by atoms with E-state index in [1.807, 2.05) is 13.8 Å². The predicted octanol–water partition coefficient (Wildman–Crippen LogP) is 3.15. The van der Waals surface area contributed by atoms with E-state index in [0.29, 0.717) is 13.0 Å². The molecule has 3 atom stereocenters. The van der Waals surface area contributed by atoms with Crippen molar-refractivity contribution in [3.05, 3.63) is 29.2 Å². The monoisotopic (exact) mass is 321 g/mol. The molecule has 1 N–H and O–H groups in total. The van der Waals surface area contributed by atoms with Crippen molar-refractivity contribution in [2.45, 2.75) is 58.3 Å². The quantitative estimate of drug-likeness (QED) is 0.817. The molecule has 0 amide bonds. The third-order valence-corrected chi connectivity index (χ3v) is 5.21. The molecule has 1 aromatic heterocycles.